The van der Waals surface area contributed by atoms with Gasteiger partial charge in [-0.15, -0.1) is 0 Å². The molecule has 0 bridgehead atoms. The Balaban J connectivity index is 1.71. The summed E-state index contributed by atoms with van der Waals surface area (Å²) in [6.07, 6.45) is 2.11. The zero-order valence-electron chi connectivity index (χ0n) is 14.7. The highest BCUT2D eigenvalue weighted by molar-refractivity contribution is 7.89. The number of benzene rings is 1. The molecule has 1 N–H and O–H groups in total. The lowest BCUT2D eigenvalue weighted by Crippen LogP contribution is -2.35. The number of carbonyl (C=O) groups is 1. The van der Waals surface area contributed by atoms with Gasteiger partial charge in [0.05, 0.1) is 0 Å². The molecule has 1 fully saturated rings. The van der Waals surface area contributed by atoms with Crippen LogP contribution in [-0.2, 0) is 23.6 Å². The van der Waals surface area contributed by atoms with Crippen LogP contribution in [0.2, 0.25) is 0 Å². The molecule has 1 aliphatic rings. The second-order valence-electron chi connectivity index (χ2n) is 6.50. The van der Waals surface area contributed by atoms with Gasteiger partial charge in [-0.05, 0) is 24.6 Å². The molecule has 0 atom stereocenters. The Labute approximate surface area is 153 Å². The van der Waals surface area contributed by atoms with E-state index in [0.29, 0.717) is 19.6 Å². The van der Waals surface area contributed by atoms with Gasteiger partial charge >= 0.3 is 5.97 Å². The van der Waals surface area contributed by atoms with Crippen LogP contribution in [-0.4, -0.2) is 59.4 Å². The number of carboxylic acids is 1. The zero-order valence-corrected chi connectivity index (χ0v) is 15.5. The predicted octanol–water partition coefficient (Wildman–Crippen LogP) is 1.62. The van der Waals surface area contributed by atoms with E-state index in [4.69, 9.17) is 5.11 Å². The van der Waals surface area contributed by atoms with Crippen molar-refractivity contribution in [2.75, 3.05) is 26.2 Å². The quantitative estimate of drug-likeness (QED) is 0.856. The molecule has 0 aliphatic carbocycles. The molecule has 7 nitrogen and oxygen atoms in total. The molecule has 3 rings (SSSR count). The summed E-state index contributed by atoms with van der Waals surface area (Å²) in [5.74, 6) is -1.14. The normalized spacial score (nSPS) is 17.1. The first kappa shape index (κ1) is 18.6. The number of hydrogen-bond donors (Lipinski definition) is 1. The van der Waals surface area contributed by atoms with E-state index in [9.17, 15) is 13.2 Å². The highest BCUT2D eigenvalue weighted by atomic mass is 32.2. The minimum Gasteiger partial charge on any atom is -0.477 e. The number of carboxylic acid groups (broad SMARTS) is 1. The van der Waals surface area contributed by atoms with Gasteiger partial charge < -0.3 is 9.67 Å². The Kier molecular flexibility index (Phi) is 5.45. The van der Waals surface area contributed by atoms with Crippen LogP contribution in [0.4, 0.5) is 0 Å². The summed E-state index contributed by atoms with van der Waals surface area (Å²) < 4.78 is 28.6. The van der Waals surface area contributed by atoms with Crippen LogP contribution >= 0.6 is 0 Å². The molecule has 26 heavy (non-hydrogen) atoms. The van der Waals surface area contributed by atoms with Gasteiger partial charge in [0.1, 0.15) is 10.6 Å². The van der Waals surface area contributed by atoms with Crippen LogP contribution in [0, 0.1) is 0 Å². The molecular formula is C18H23N3O4S. The average Bonchev–Trinajstić information content (AvgIpc) is 2.85. The summed E-state index contributed by atoms with van der Waals surface area (Å²) in [5, 5.41) is 9.14. The van der Waals surface area contributed by atoms with Gasteiger partial charge in [0.25, 0.3) is 0 Å². The monoisotopic (exact) mass is 377 g/mol. The number of hydrogen-bond acceptors (Lipinski definition) is 4. The Morgan fingerprint density at radius 2 is 1.85 bits per heavy atom. The molecule has 0 spiro atoms. The maximum atomic E-state index is 12.9. The Hall–Kier alpha value is -2.16. The van der Waals surface area contributed by atoms with Crippen LogP contribution in [0.1, 0.15) is 22.5 Å². The van der Waals surface area contributed by atoms with Crippen molar-refractivity contribution in [3.63, 3.8) is 0 Å². The van der Waals surface area contributed by atoms with E-state index in [0.717, 1.165) is 19.5 Å². The second-order valence-corrected chi connectivity index (χ2v) is 8.43. The minimum absolute atomic E-state index is 0.0360. The van der Waals surface area contributed by atoms with Crippen molar-refractivity contribution >= 4 is 16.0 Å². The highest BCUT2D eigenvalue weighted by Gasteiger charge is 2.29. The molecule has 1 saturated heterocycles. The van der Waals surface area contributed by atoms with Crippen molar-refractivity contribution < 1.29 is 18.3 Å². The smallest absolute Gasteiger partial charge is 0.352 e. The topological polar surface area (TPSA) is 82.9 Å². The van der Waals surface area contributed by atoms with Crippen molar-refractivity contribution in [3.8, 4) is 0 Å². The zero-order chi connectivity index (χ0) is 18.7. The van der Waals surface area contributed by atoms with E-state index in [2.05, 4.69) is 17.0 Å². The summed E-state index contributed by atoms with van der Waals surface area (Å²) in [7, 11) is -2.16. The van der Waals surface area contributed by atoms with E-state index in [-0.39, 0.29) is 10.6 Å². The van der Waals surface area contributed by atoms with Crippen molar-refractivity contribution in [3.05, 3.63) is 53.9 Å². The summed E-state index contributed by atoms with van der Waals surface area (Å²) in [5.41, 5.74) is 1.17. The molecule has 1 aliphatic heterocycles. The first-order valence-electron chi connectivity index (χ1n) is 8.54. The third kappa shape index (κ3) is 3.98. The standard InChI is InChI=1S/C18H23N3O4S/c1-19-14-16(12-17(19)18(22)23)26(24,25)21-9-5-8-20(10-11-21)13-15-6-3-2-4-7-15/h2-4,6-7,12,14H,5,8-11,13H2,1H3,(H,22,23). The fourth-order valence-electron chi connectivity index (χ4n) is 3.22. The molecule has 140 valence electrons. The van der Waals surface area contributed by atoms with Gasteiger partial charge in [0.2, 0.25) is 10.0 Å². The third-order valence-electron chi connectivity index (χ3n) is 4.63. The van der Waals surface area contributed by atoms with Gasteiger partial charge in [-0.2, -0.15) is 4.31 Å². The van der Waals surface area contributed by atoms with Crippen LogP contribution in [0.15, 0.2) is 47.5 Å². The molecule has 1 aromatic heterocycles. The first-order chi connectivity index (χ1) is 12.4. The van der Waals surface area contributed by atoms with Gasteiger partial charge in [0.15, 0.2) is 0 Å². The highest BCUT2D eigenvalue weighted by Crippen LogP contribution is 2.20. The Morgan fingerprint density at radius 1 is 1.12 bits per heavy atom. The molecule has 2 heterocycles. The van der Waals surface area contributed by atoms with Crippen LogP contribution in [0.3, 0.4) is 0 Å². The Bertz CT molecular complexity index is 877. The fourth-order valence-corrected chi connectivity index (χ4v) is 4.77. The van der Waals surface area contributed by atoms with E-state index in [1.165, 1.54) is 33.7 Å². The lowest BCUT2D eigenvalue weighted by Gasteiger charge is -2.21. The SMILES string of the molecule is Cn1cc(S(=O)(=O)N2CCCN(Cc3ccccc3)CC2)cc1C(=O)O. The molecule has 2 aromatic rings. The number of sulfonamides is 1. The molecule has 0 amide bonds. The second kappa shape index (κ2) is 7.61. The van der Waals surface area contributed by atoms with Crippen molar-refractivity contribution in [2.24, 2.45) is 7.05 Å². The molecule has 0 saturated carbocycles. The maximum Gasteiger partial charge on any atom is 0.352 e. The van der Waals surface area contributed by atoms with Gasteiger partial charge in [-0.1, -0.05) is 30.3 Å². The molecule has 8 heteroatoms. The largest absolute Gasteiger partial charge is 0.477 e. The van der Waals surface area contributed by atoms with E-state index in [1.54, 1.807) is 0 Å². The van der Waals surface area contributed by atoms with Crippen molar-refractivity contribution in [2.45, 2.75) is 17.9 Å². The van der Waals surface area contributed by atoms with Gasteiger partial charge in [-0.25, -0.2) is 13.2 Å². The summed E-state index contributed by atoms with van der Waals surface area (Å²) in [6, 6.07) is 11.3. The van der Waals surface area contributed by atoms with E-state index >= 15 is 0 Å². The lowest BCUT2D eigenvalue weighted by molar-refractivity contribution is 0.0686. The van der Waals surface area contributed by atoms with Crippen LogP contribution < -0.4 is 0 Å². The molecule has 1 aromatic carbocycles. The van der Waals surface area contributed by atoms with Crippen LogP contribution in [0.25, 0.3) is 0 Å². The number of aromatic carboxylic acids is 1. The fraction of sp³-hybridized carbons (Fsp3) is 0.389. The minimum atomic E-state index is -3.69. The van der Waals surface area contributed by atoms with E-state index in [1.807, 2.05) is 18.2 Å². The molecular weight excluding hydrogens is 354 g/mol. The number of aryl methyl sites for hydroxylation is 1. The molecule has 0 radical (unpaired) electrons. The maximum absolute atomic E-state index is 12.9. The lowest BCUT2D eigenvalue weighted by atomic mass is 10.2. The van der Waals surface area contributed by atoms with E-state index < -0.39 is 16.0 Å². The number of aromatic nitrogens is 1. The van der Waals surface area contributed by atoms with Crippen LogP contribution in [0.5, 0.6) is 0 Å². The third-order valence-corrected chi connectivity index (χ3v) is 6.50. The van der Waals surface area contributed by atoms with Crippen molar-refractivity contribution in [1.29, 1.82) is 0 Å². The predicted molar refractivity (Wildman–Crippen MR) is 97.5 cm³/mol. The summed E-state index contributed by atoms with van der Waals surface area (Å²) in [6.45, 7) is 3.10. The molecule has 0 unspecified atom stereocenters. The number of nitrogens with zero attached hydrogens (tertiary/aromatic N) is 3. The first-order valence-corrected chi connectivity index (χ1v) is 9.98. The van der Waals surface area contributed by atoms with Crippen molar-refractivity contribution in [1.82, 2.24) is 13.8 Å². The Morgan fingerprint density at radius 3 is 2.50 bits per heavy atom. The number of rotatable bonds is 5. The summed E-state index contributed by atoms with van der Waals surface area (Å²) >= 11 is 0. The van der Waals surface area contributed by atoms with Gasteiger partial charge in [0, 0.05) is 39.4 Å². The summed E-state index contributed by atoms with van der Waals surface area (Å²) in [4.78, 5) is 13.5. The van der Waals surface area contributed by atoms with Gasteiger partial charge in [-0.3, -0.25) is 4.90 Å². The average molecular weight is 377 g/mol.